The van der Waals surface area contributed by atoms with Crippen LogP contribution in [0.1, 0.15) is 79.1 Å². The highest BCUT2D eigenvalue weighted by atomic mass is 19.4. The number of piperidine rings is 1. The number of rotatable bonds is 5. The summed E-state index contributed by atoms with van der Waals surface area (Å²) in [6.45, 7) is -5.08. The summed E-state index contributed by atoms with van der Waals surface area (Å²) in [7, 11) is 0. The van der Waals surface area contributed by atoms with E-state index in [4.69, 9.17) is 8.22 Å². The maximum Gasteiger partial charge on any atom is 0.416 e. The van der Waals surface area contributed by atoms with Crippen molar-refractivity contribution < 1.29 is 45.4 Å². The van der Waals surface area contributed by atoms with E-state index in [9.17, 15) is 37.1 Å². The molecular weight excluding hydrogens is 641 g/mol. The molecule has 4 heterocycles. The first-order chi connectivity index (χ1) is 25.7. The largest absolute Gasteiger partial charge is 0.416 e. The fourth-order valence-corrected chi connectivity index (χ4v) is 5.58. The highest BCUT2D eigenvalue weighted by Gasteiger charge is 2.45. The zero-order valence-electron chi connectivity index (χ0n) is 31.6. The van der Waals surface area contributed by atoms with Crippen LogP contribution in [0.2, 0.25) is 0 Å². The Balaban J connectivity index is 1.20. The molecule has 6 rings (SSSR count). The van der Waals surface area contributed by atoms with E-state index in [0.717, 1.165) is 23.4 Å². The molecule has 1 unspecified atom stereocenters. The Labute approximate surface area is 287 Å². The molecule has 0 spiro atoms. The summed E-state index contributed by atoms with van der Waals surface area (Å²) in [5.74, 6) is 6.24. The first kappa shape index (κ1) is 26.1. The molecule has 2 fully saturated rings. The lowest BCUT2D eigenvalue weighted by Crippen LogP contribution is -2.54. The maximum absolute atomic E-state index is 13.8. The van der Waals surface area contributed by atoms with E-state index in [2.05, 4.69) is 39.4 Å². The van der Waals surface area contributed by atoms with Crippen molar-refractivity contribution in [3.05, 3.63) is 76.6 Å². The van der Waals surface area contributed by atoms with Gasteiger partial charge in [0.15, 0.2) is 0 Å². The predicted molar refractivity (Wildman–Crippen MR) is 170 cm³/mol. The molecule has 3 aliphatic rings. The molecule has 11 nitrogen and oxygen atoms in total. The van der Waals surface area contributed by atoms with E-state index in [1.54, 1.807) is 6.07 Å². The number of hydrogen-bond donors (Lipinski definition) is 2. The Morgan fingerprint density at radius 1 is 1.04 bits per heavy atom. The summed E-state index contributed by atoms with van der Waals surface area (Å²) < 4.78 is 89.8. The molecule has 0 saturated carbocycles. The van der Waals surface area contributed by atoms with Crippen LogP contribution >= 0.6 is 0 Å². The number of carbonyl (C=O) groups excluding carboxylic acids is 5. The number of fused-ring (bicyclic) bond motifs is 1. The summed E-state index contributed by atoms with van der Waals surface area (Å²) in [5.41, 5.74) is -4.23. The number of anilines is 2. The summed E-state index contributed by atoms with van der Waals surface area (Å²) >= 11 is 0. The van der Waals surface area contributed by atoms with Crippen LogP contribution in [0.15, 0.2) is 48.8 Å². The van der Waals surface area contributed by atoms with Crippen LogP contribution in [-0.2, 0) is 26.1 Å². The van der Waals surface area contributed by atoms with Gasteiger partial charge in [0.05, 0.1) is 40.1 Å². The zero-order valence-corrected chi connectivity index (χ0v) is 25.6. The fraction of sp³-hybridized carbons (Fsp3) is 0.314. The van der Waals surface area contributed by atoms with Gasteiger partial charge in [-0.25, -0.2) is 0 Å². The number of hydrogen-bond acceptors (Lipinski definition) is 7. The molecule has 5 amide bonds. The molecule has 14 heteroatoms. The molecule has 2 saturated heterocycles. The van der Waals surface area contributed by atoms with Crippen LogP contribution in [0.4, 0.5) is 24.5 Å². The van der Waals surface area contributed by atoms with Crippen molar-refractivity contribution in [1.29, 1.82) is 0 Å². The van der Waals surface area contributed by atoms with Gasteiger partial charge in [-0.1, -0.05) is 17.8 Å². The zero-order chi connectivity index (χ0) is 40.2. The van der Waals surface area contributed by atoms with Crippen molar-refractivity contribution in [2.45, 2.75) is 51.2 Å². The number of alkyl halides is 3. The fourth-order valence-electron chi connectivity index (χ4n) is 5.58. The molecule has 3 aromatic rings. The lowest BCUT2D eigenvalue weighted by atomic mass is 9.98. The van der Waals surface area contributed by atoms with Crippen LogP contribution in [0.25, 0.3) is 0 Å². The van der Waals surface area contributed by atoms with Crippen LogP contribution in [0.3, 0.4) is 0 Å². The molecule has 49 heavy (non-hydrogen) atoms. The average molecular weight is 677 g/mol. The Kier molecular flexibility index (Phi) is 6.55. The number of imide groups is 2. The van der Waals surface area contributed by atoms with E-state index in [0.29, 0.717) is 35.6 Å². The number of aromatic nitrogens is 2. The van der Waals surface area contributed by atoms with Gasteiger partial charge in [-0.3, -0.25) is 38.9 Å². The van der Waals surface area contributed by atoms with Crippen molar-refractivity contribution >= 4 is 40.9 Å². The minimum Gasteiger partial charge on any atom is -0.369 e. The van der Waals surface area contributed by atoms with Crippen LogP contribution in [-0.4, -0.2) is 63.3 Å². The standard InChI is InChI=1S/C35H29F3N6O5/c1-4-5-22-14-23(35(36,37)38)8-11-27(22)40-33(49)34(2,3)43-19-20(16-39-43)6-7-21-17-42(18-21)24-9-10-25-26(15-24)32(48)44(31(25)47)28-12-13-29(45)41-30(28)46/h8-11,14-16,19,21,28H,12-13,17-18H2,1-3H3,(H,40,49)(H,41,45,46)/i2D3,3D3. The van der Waals surface area contributed by atoms with Gasteiger partial charge in [-0.15, -0.1) is 5.92 Å². The Morgan fingerprint density at radius 2 is 1.80 bits per heavy atom. The quantitative estimate of drug-likeness (QED) is 0.312. The predicted octanol–water partition coefficient (Wildman–Crippen LogP) is 3.54. The lowest BCUT2D eigenvalue weighted by Gasteiger charge is -2.38. The van der Waals surface area contributed by atoms with Gasteiger partial charge < -0.3 is 10.2 Å². The van der Waals surface area contributed by atoms with Gasteiger partial charge in [0, 0.05) is 45.2 Å². The molecule has 1 atom stereocenters. The molecule has 250 valence electrons. The van der Waals surface area contributed by atoms with E-state index in [1.807, 2.05) is 4.90 Å². The van der Waals surface area contributed by atoms with Gasteiger partial charge in [0.1, 0.15) is 11.6 Å². The summed E-state index contributed by atoms with van der Waals surface area (Å²) in [6.07, 6.45) is -2.69. The third kappa shape index (κ3) is 6.25. The molecule has 0 aliphatic carbocycles. The van der Waals surface area contributed by atoms with Gasteiger partial charge >= 0.3 is 6.18 Å². The minimum atomic E-state index is -4.76. The number of amides is 5. The SMILES string of the molecule is [2H]C([2H])([2H])C(C(=O)Nc1ccc(C(F)(F)F)cc1C#CC)(n1cc(C#CC2CN(c3ccc4c(c3)C(=O)N(C3CCC(=O)NC3=O)C4=O)C2)cn1)C([2H])([2H])[2H]. The van der Waals surface area contributed by atoms with Crippen molar-refractivity contribution in [3.63, 3.8) is 0 Å². The highest BCUT2D eigenvalue weighted by molar-refractivity contribution is 6.23. The number of halogens is 3. The van der Waals surface area contributed by atoms with E-state index in [1.165, 1.54) is 19.1 Å². The van der Waals surface area contributed by atoms with Gasteiger partial charge in [-0.2, -0.15) is 18.3 Å². The lowest BCUT2D eigenvalue weighted by molar-refractivity contribution is -0.138. The molecule has 1 aromatic heterocycles. The first-order valence-corrected chi connectivity index (χ1v) is 14.8. The molecule has 3 aliphatic heterocycles. The van der Waals surface area contributed by atoms with Crippen molar-refractivity contribution in [2.24, 2.45) is 5.92 Å². The second-order valence-corrected chi connectivity index (χ2v) is 11.5. The summed E-state index contributed by atoms with van der Waals surface area (Å²) in [6, 6.07) is 5.68. The van der Waals surface area contributed by atoms with Crippen molar-refractivity contribution in [2.75, 3.05) is 23.3 Å². The topological polar surface area (TPSA) is 134 Å². The highest BCUT2D eigenvalue weighted by Crippen LogP contribution is 2.34. The average Bonchev–Trinajstić information content (AvgIpc) is 3.61. The molecule has 2 N–H and O–H groups in total. The molecule has 0 radical (unpaired) electrons. The normalized spacial score (nSPS) is 20.1. The minimum absolute atomic E-state index is 0.0110. The molecule has 0 bridgehead atoms. The third-order valence-corrected chi connectivity index (χ3v) is 8.20. The Hall–Kier alpha value is -5.89. The summed E-state index contributed by atoms with van der Waals surface area (Å²) in [4.78, 5) is 66.7. The van der Waals surface area contributed by atoms with Crippen LogP contribution in [0.5, 0.6) is 0 Å². The van der Waals surface area contributed by atoms with E-state index < -0.39 is 66.6 Å². The third-order valence-electron chi connectivity index (χ3n) is 8.20. The van der Waals surface area contributed by atoms with E-state index >= 15 is 0 Å². The second kappa shape index (κ2) is 12.3. The van der Waals surface area contributed by atoms with Crippen LogP contribution < -0.4 is 15.5 Å². The monoisotopic (exact) mass is 676 g/mol. The van der Waals surface area contributed by atoms with Gasteiger partial charge in [0.25, 0.3) is 17.7 Å². The smallest absolute Gasteiger partial charge is 0.369 e. The number of nitrogens with zero attached hydrogens (tertiary/aromatic N) is 4. The van der Waals surface area contributed by atoms with E-state index in [-0.39, 0.29) is 46.7 Å². The first-order valence-electron chi connectivity index (χ1n) is 17.8. The Bertz CT molecular complexity index is 2260. The maximum atomic E-state index is 13.8. The van der Waals surface area contributed by atoms with Gasteiger partial charge in [0.2, 0.25) is 11.8 Å². The van der Waals surface area contributed by atoms with Crippen molar-refractivity contribution in [1.82, 2.24) is 20.0 Å². The molecule has 2 aromatic carbocycles. The summed E-state index contributed by atoms with van der Waals surface area (Å²) in [5, 5.41) is 8.22. The van der Waals surface area contributed by atoms with Crippen molar-refractivity contribution in [3.8, 4) is 23.7 Å². The second-order valence-electron chi connectivity index (χ2n) is 11.5. The number of carbonyl (C=O) groups is 5. The number of benzene rings is 2. The number of nitrogens with one attached hydrogen (secondary N) is 2. The van der Waals surface area contributed by atoms with Crippen LogP contribution in [0, 0.1) is 29.6 Å². The van der Waals surface area contributed by atoms with Gasteiger partial charge in [-0.05, 0) is 63.4 Å². The molecular formula is C35H29F3N6O5. The Morgan fingerprint density at radius 3 is 2.49 bits per heavy atom.